The number of anilines is 1. The van der Waals surface area contributed by atoms with Crippen LogP contribution in [0.3, 0.4) is 0 Å². The summed E-state index contributed by atoms with van der Waals surface area (Å²) in [6, 6.07) is 8.57. The van der Waals surface area contributed by atoms with Crippen LogP contribution in [0.4, 0.5) is 5.95 Å². The van der Waals surface area contributed by atoms with E-state index in [4.69, 9.17) is 0 Å². The van der Waals surface area contributed by atoms with Crippen LogP contribution >= 0.6 is 15.9 Å². The number of sulfonamides is 1. The summed E-state index contributed by atoms with van der Waals surface area (Å²) in [5.74, 6) is 0.544. The molecule has 6 nitrogen and oxygen atoms in total. The summed E-state index contributed by atoms with van der Waals surface area (Å²) in [5, 5.41) is 3.25. The zero-order valence-electron chi connectivity index (χ0n) is 13.3. The number of benzene rings is 1. The standard InChI is InChI=1S/C16H19BrN4O2S/c1-12-8-9-18-16(19-12)20-14-3-2-10-21(11-14)24(22,23)15-6-4-13(17)5-7-15/h4-9,14H,2-3,10-11H2,1H3,(H,18,19,20). The largest absolute Gasteiger partial charge is 0.350 e. The van der Waals surface area contributed by atoms with E-state index in [0.29, 0.717) is 23.9 Å². The Morgan fingerprint density at radius 2 is 2.00 bits per heavy atom. The topological polar surface area (TPSA) is 75.2 Å². The summed E-state index contributed by atoms with van der Waals surface area (Å²) < 4.78 is 28.0. The molecule has 1 aromatic carbocycles. The second-order valence-corrected chi connectivity index (χ2v) is 8.68. The van der Waals surface area contributed by atoms with Crippen molar-refractivity contribution in [2.75, 3.05) is 18.4 Å². The summed E-state index contributed by atoms with van der Waals surface area (Å²) in [4.78, 5) is 8.84. The second-order valence-electron chi connectivity index (χ2n) is 5.82. The zero-order chi connectivity index (χ0) is 17.2. The molecule has 0 spiro atoms. The fourth-order valence-corrected chi connectivity index (χ4v) is 4.52. The van der Waals surface area contributed by atoms with Gasteiger partial charge in [0, 0.05) is 35.5 Å². The van der Waals surface area contributed by atoms with Gasteiger partial charge in [-0.3, -0.25) is 0 Å². The van der Waals surface area contributed by atoms with E-state index in [-0.39, 0.29) is 6.04 Å². The van der Waals surface area contributed by atoms with E-state index < -0.39 is 10.0 Å². The zero-order valence-corrected chi connectivity index (χ0v) is 15.7. The number of hydrogen-bond acceptors (Lipinski definition) is 5. The van der Waals surface area contributed by atoms with Crippen LogP contribution in [0.5, 0.6) is 0 Å². The molecular formula is C16H19BrN4O2S. The lowest BCUT2D eigenvalue weighted by Gasteiger charge is -2.32. The molecule has 0 saturated carbocycles. The van der Waals surface area contributed by atoms with Crippen LogP contribution in [0, 0.1) is 6.92 Å². The van der Waals surface area contributed by atoms with Crippen molar-refractivity contribution in [2.24, 2.45) is 0 Å². The number of aryl methyl sites for hydroxylation is 1. The summed E-state index contributed by atoms with van der Waals surface area (Å²) >= 11 is 3.33. The Kier molecular flexibility index (Phi) is 5.17. The molecule has 1 N–H and O–H groups in total. The molecule has 1 aromatic heterocycles. The van der Waals surface area contributed by atoms with Gasteiger partial charge in [0.15, 0.2) is 0 Å². The number of nitrogens with one attached hydrogen (secondary N) is 1. The maximum Gasteiger partial charge on any atom is 0.243 e. The fraction of sp³-hybridized carbons (Fsp3) is 0.375. The van der Waals surface area contributed by atoms with Gasteiger partial charge in [0.05, 0.1) is 4.90 Å². The summed E-state index contributed by atoms with van der Waals surface area (Å²) in [6.07, 6.45) is 3.40. The van der Waals surface area contributed by atoms with Gasteiger partial charge in [-0.1, -0.05) is 15.9 Å². The van der Waals surface area contributed by atoms with Crippen molar-refractivity contribution in [2.45, 2.75) is 30.7 Å². The lowest BCUT2D eigenvalue weighted by atomic mass is 10.1. The molecule has 2 heterocycles. The quantitative estimate of drug-likeness (QED) is 0.838. The molecule has 3 rings (SSSR count). The van der Waals surface area contributed by atoms with Gasteiger partial charge in [-0.15, -0.1) is 0 Å². The Hall–Kier alpha value is -1.51. The number of hydrogen-bond donors (Lipinski definition) is 1. The Morgan fingerprint density at radius 1 is 1.25 bits per heavy atom. The third-order valence-electron chi connectivity index (χ3n) is 3.96. The molecule has 2 aromatic rings. The van der Waals surface area contributed by atoms with Crippen LogP contribution in [0.25, 0.3) is 0 Å². The molecule has 128 valence electrons. The Balaban J connectivity index is 1.74. The van der Waals surface area contributed by atoms with E-state index in [1.165, 1.54) is 4.31 Å². The molecule has 1 atom stereocenters. The van der Waals surface area contributed by atoms with Crippen LogP contribution in [-0.2, 0) is 10.0 Å². The van der Waals surface area contributed by atoms with E-state index >= 15 is 0 Å². The summed E-state index contributed by atoms with van der Waals surface area (Å²) in [6.45, 7) is 2.85. The second kappa shape index (κ2) is 7.16. The molecule has 0 bridgehead atoms. The smallest absolute Gasteiger partial charge is 0.243 e. The molecule has 1 aliphatic heterocycles. The van der Waals surface area contributed by atoms with Gasteiger partial charge in [-0.2, -0.15) is 4.31 Å². The number of nitrogens with zero attached hydrogens (tertiary/aromatic N) is 3. The van der Waals surface area contributed by atoms with Gasteiger partial charge >= 0.3 is 0 Å². The number of piperidine rings is 1. The highest BCUT2D eigenvalue weighted by molar-refractivity contribution is 9.10. The van der Waals surface area contributed by atoms with Gasteiger partial charge in [-0.25, -0.2) is 18.4 Å². The predicted molar refractivity (Wildman–Crippen MR) is 96.3 cm³/mol. The van der Waals surface area contributed by atoms with Crippen LogP contribution in [0.15, 0.2) is 45.9 Å². The van der Waals surface area contributed by atoms with Crippen molar-refractivity contribution in [3.05, 3.63) is 46.7 Å². The van der Waals surface area contributed by atoms with Crippen molar-refractivity contribution < 1.29 is 8.42 Å². The average Bonchev–Trinajstić information content (AvgIpc) is 2.55. The lowest BCUT2D eigenvalue weighted by Crippen LogP contribution is -2.45. The van der Waals surface area contributed by atoms with Gasteiger partial charge in [0.2, 0.25) is 16.0 Å². The van der Waals surface area contributed by atoms with Gasteiger partial charge in [0.25, 0.3) is 0 Å². The van der Waals surface area contributed by atoms with Gasteiger partial charge in [0.1, 0.15) is 0 Å². The molecule has 1 aliphatic rings. The SMILES string of the molecule is Cc1ccnc(NC2CCCN(S(=O)(=O)c3ccc(Br)cc3)C2)n1. The monoisotopic (exact) mass is 410 g/mol. The molecule has 0 radical (unpaired) electrons. The third kappa shape index (κ3) is 3.93. The highest BCUT2D eigenvalue weighted by Gasteiger charge is 2.30. The normalized spacial score (nSPS) is 19.2. The van der Waals surface area contributed by atoms with E-state index in [9.17, 15) is 8.42 Å². The summed E-state index contributed by atoms with van der Waals surface area (Å²) in [5.41, 5.74) is 0.877. The Labute approximate surface area is 150 Å². The molecule has 24 heavy (non-hydrogen) atoms. The number of aromatic nitrogens is 2. The van der Waals surface area contributed by atoms with Crippen LogP contribution < -0.4 is 5.32 Å². The van der Waals surface area contributed by atoms with Crippen LogP contribution in [-0.4, -0.2) is 41.8 Å². The van der Waals surface area contributed by atoms with E-state index in [1.807, 2.05) is 13.0 Å². The summed E-state index contributed by atoms with van der Waals surface area (Å²) in [7, 11) is -3.48. The predicted octanol–water partition coefficient (Wildman–Crippen LogP) is 2.81. The van der Waals surface area contributed by atoms with Crippen molar-refractivity contribution >= 4 is 31.9 Å². The molecule has 0 aliphatic carbocycles. The first-order chi connectivity index (χ1) is 11.4. The minimum Gasteiger partial charge on any atom is -0.350 e. The maximum absolute atomic E-state index is 12.8. The highest BCUT2D eigenvalue weighted by atomic mass is 79.9. The first kappa shape index (κ1) is 17.3. The Bertz CT molecular complexity index is 811. The average molecular weight is 411 g/mol. The minimum atomic E-state index is -3.48. The molecule has 1 unspecified atom stereocenters. The molecule has 0 amide bonds. The maximum atomic E-state index is 12.8. The highest BCUT2D eigenvalue weighted by Crippen LogP contribution is 2.23. The first-order valence-electron chi connectivity index (χ1n) is 7.77. The van der Waals surface area contributed by atoms with Gasteiger partial charge in [-0.05, 0) is 50.1 Å². The molecule has 1 fully saturated rings. The number of rotatable bonds is 4. The molecular weight excluding hydrogens is 392 g/mol. The lowest BCUT2D eigenvalue weighted by molar-refractivity contribution is 0.326. The van der Waals surface area contributed by atoms with E-state index in [0.717, 1.165) is 23.0 Å². The minimum absolute atomic E-state index is 0.00535. The third-order valence-corrected chi connectivity index (χ3v) is 6.37. The first-order valence-corrected chi connectivity index (χ1v) is 10.0. The van der Waals surface area contributed by atoms with Crippen molar-refractivity contribution in [1.82, 2.24) is 14.3 Å². The van der Waals surface area contributed by atoms with Gasteiger partial charge < -0.3 is 5.32 Å². The Morgan fingerprint density at radius 3 is 2.71 bits per heavy atom. The molecule has 1 saturated heterocycles. The van der Waals surface area contributed by atoms with Crippen molar-refractivity contribution in [1.29, 1.82) is 0 Å². The van der Waals surface area contributed by atoms with Crippen LogP contribution in [0.1, 0.15) is 18.5 Å². The van der Waals surface area contributed by atoms with Crippen LogP contribution in [0.2, 0.25) is 0 Å². The van der Waals surface area contributed by atoms with E-state index in [1.54, 1.807) is 30.5 Å². The van der Waals surface area contributed by atoms with E-state index in [2.05, 4.69) is 31.2 Å². The number of halogens is 1. The fourth-order valence-electron chi connectivity index (χ4n) is 2.74. The molecule has 8 heteroatoms. The van der Waals surface area contributed by atoms with Crippen molar-refractivity contribution in [3.63, 3.8) is 0 Å². The van der Waals surface area contributed by atoms with Crippen molar-refractivity contribution in [3.8, 4) is 0 Å².